The molecule has 2 rings (SSSR count). The van der Waals surface area contributed by atoms with E-state index in [-0.39, 0.29) is 12.4 Å². The Labute approximate surface area is 138 Å². The monoisotopic (exact) mass is 349 g/mol. The first kappa shape index (κ1) is 19.4. The average molecular weight is 350 g/mol. The molecule has 0 radical (unpaired) electrons. The van der Waals surface area contributed by atoms with Crippen LogP contribution in [0.1, 0.15) is 38.1 Å². The molecule has 0 amide bonds. The van der Waals surface area contributed by atoms with E-state index in [4.69, 9.17) is 0 Å². The molecule has 1 aromatic carbocycles. The Kier molecular flexibility index (Phi) is 6.96. The molecule has 0 aliphatic rings. The Hall–Kier alpha value is -1.67. The summed E-state index contributed by atoms with van der Waals surface area (Å²) in [6.45, 7) is 4.53. The lowest BCUT2D eigenvalue weighted by atomic mass is 10.2. The highest BCUT2D eigenvalue weighted by Gasteiger charge is 2.30. The molecule has 0 aliphatic heterocycles. The van der Waals surface area contributed by atoms with Crippen LogP contribution in [-0.2, 0) is 12.7 Å². The summed E-state index contributed by atoms with van der Waals surface area (Å²) >= 11 is 0. The number of rotatable bonds is 6. The summed E-state index contributed by atoms with van der Waals surface area (Å²) < 4.78 is 39.7. The van der Waals surface area contributed by atoms with E-state index < -0.39 is 11.7 Å². The van der Waals surface area contributed by atoms with Gasteiger partial charge >= 0.3 is 6.18 Å². The number of nitrogens with zero attached hydrogens (tertiary/aromatic N) is 4. The van der Waals surface area contributed by atoms with E-state index in [0.717, 1.165) is 25.0 Å². The van der Waals surface area contributed by atoms with Crippen molar-refractivity contribution in [3.63, 3.8) is 0 Å². The second kappa shape index (κ2) is 8.26. The molecule has 23 heavy (non-hydrogen) atoms. The maximum absolute atomic E-state index is 12.8. The fourth-order valence-corrected chi connectivity index (χ4v) is 2.14. The van der Waals surface area contributed by atoms with Gasteiger partial charge in [0.25, 0.3) is 0 Å². The largest absolute Gasteiger partial charge is 0.416 e. The standard InChI is InChI=1S/C14H18F3N5.ClH/c1-3-11(4-2)18-9-13-19-20-21-22(13)12-7-5-6-10(8-12)14(15,16)17;/h5-8,11,18H,3-4,9H2,1-2H3;1H. The highest BCUT2D eigenvalue weighted by atomic mass is 35.5. The van der Waals surface area contributed by atoms with Crippen molar-refractivity contribution in [3.05, 3.63) is 35.7 Å². The summed E-state index contributed by atoms with van der Waals surface area (Å²) in [6, 6.07) is 5.28. The second-order valence-electron chi connectivity index (χ2n) is 4.95. The summed E-state index contributed by atoms with van der Waals surface area (Å²) in [6.07, 6.45) is -2.47. The van der Waals surface area contributed by atoms with Crippen LogP contribution in [-0.4, -0.2) is 26.2 Å². The number of alkyl halides is 3. The van der Waals surface area contributed by atoms with Crippen molar-refractivity contribution in [3.8, 4) is 5.69 Å². The van der Waals surface area contributed by atoms with Crippen molar-refractivity contribution >= 4 is 12.4 Å². The Morgan fingerprint density at radius 2 is 1.91 bits per heavy atom. The number of halogens is 4. The number of hydrogen-bond acceptors (Lipinski definition) is 4. The normalized spacial score (nSPS) is 11.6. The Morgan fingerprint density at radius 3 is 2.52 bits per heavy atom. The van der Waals surface area contributed by atoms with Gasteiger partial charge in [-0.2, -0.15) is 17.9 Å². The topological polar surface area (TPSA) is 55.6 Å². The maximum Gasteiger partial charge on any atom is 0.416 e. The van der Waals surface area contributed by atoms with Crippen molar-refractivity contribution in [1.29, 1.82) is 0 Å². The van der Waals surface area contributed by atoms with Gasteiger partial charge in [0.05, 0.1) is 17.8 Å². The Morgan fingerprint density at radius 1 is 1.22 bits per heavy atom. The van der Waals surface area contributed by atoms with E-state index in [1.54, 1.807) is 6.07 Å². The van der Waals surface area contributed by atoms with E-state index in [9.17, 15) is 13.2 Å². The quantitative estimate of drug-likeness (QED) is 0.868. The molecule has 0 aliphatic carbocycles. The lowest BCUT2D eigenvalue weighted by molar-refractivity contribution is -0.137. The van der Waals surface area contributed by atoms with Gasteiger partial charge in [0.15, 0.2) is 5.82 Å². The first-order valence-electron chi connectivity index (χ1n) is 7.14. The van der Waals surface area contributed by atoms with Crippen LogP contribution in [0.5, 0.6) is 0 Å². The summed E-state index contributed by atoms with van der Waals surface area (Å²) in [5, 5.41) is 14.5. The highest BCUT2D eigenvalue weighted by molar-refractivity contribution is 5.85. The molecule has 128 valence electrons. The zero-order chi connectivity index (χ0) is 16.2. The minimum absolute atomic E-state index is 0. The van der Waals surface area contributed by atoms with E-state index >= 15 is 0 Å². The lowest BCUT2D eigenvalue weighted by Gasteiger charge is -2.14. The van der Waals surface area contributed by atoms with Crippen molar-refractivity contribution < 1.29 is 13.2 Å². The molecule has 1 N–H and O–H groups in total. The van der Waals surface area contributed by atoms with Crippen LogP contribution in [0, 0.1) is 0 Å². The summed E-state index contributed by atoms with van der Waals surface area (Å²) in [7, 11) is 0. The number of nitrogens with one attached hydrogen (secondary N) is 1. The molecule has 1 heterocycles. The van der Waals surface area contributed by atoms with Gasteiger partial charge in [-0.05, 0) is 41.5 Å². The highest BCUT2D eigenvalue weighted by Crippen LogP contribution is 2.30. The van der Waals surface area contributed by atoms with Crippen LogP contribution < -0.4 is 5.32 Å². The van der Waals surface area contributed by atoms with Crippen LogP contribution in [0.25, 0.3) is 5.69 Å². The van der Waals surface area contributed by atoms with Crippen molar-refractivity contribution in [1.82, 2.24) is 25.5 Å². The van der Waals surface area contributed by atoms with Crippen LogP contribution in [0.15, 0.2) is 24.3 Å². The van der Waals surface area contributed by atoms with Crippen LogP contribution >= 0.6 is 12.4 Å². The molecule has 0 saturated carbocycles. The molecule has 0 spiro atoms. The van der Waals surface area contributed by atoms with E-state index in [1.807, 2.05) is 0 Å². The number of aromatic nitrogens is 4. The minimum Gasteiger partial charge on any atom is -0.307 e. The SMILES string of the molecule is CCC(CC)NCc1nnnn1-c1cccc(C(F)(F)F)c1.Cl. The molecule has 1 aromatic heterocycles. The third kappa shape index (κ3) is 4.90. The van der Waals surface area contributed by atoms with Gasteiger partial charge in [0, 0.05) is 6.04 Å². The van der Waals surface area contributed by atoms with Gasteiger partial charge in [0.2, 0.25) is 0 Å². The van der Waals surface area contributed by atoms with Gasteiger partial charge in [-0.3, -0.25) is 0 Å². The molecule has 0 unspecified atom stereocenters. The van der Waals surface area contributed by atoms with Gasteiger partial charge < -0.3 is 5.32 Å². The number of hydrogen-bond donors (Lipinski definition) is 1. The van der Waals surface area contributed by atoms with Crippen molar-refractivity contribution in [2.75, 3.05) is 0 Å². The Bertz CT molecular complexity index is 610. The first-order chi connectivity index (χ1) is 10.5. The average Bonchev–Trinajstić information content (AvgIpc) is 2.96. The van der Waals surface area contributed by atoms with Crippen LogP contribution in [0.3, 0.4) is 0 Å². The van der Waals surface area contributed by atoms with Crippen LogP contribution in [0.4, 0.5) is 13.2 Å². The smallest absolute Gasteiger partial charge is 0.307 e. The van der Waals surface area contributed by atoms with Gasteiger partial charge in [-0.15, -0.1) is 17.5 Å². The molecule has 0 fully saturated rings. The fraction of sp³-hybridized carbons (Fsp3) is 0.500. The number of tetrazole rings is 1. The molecule has 9 heteroatoms. The summed E-state index contributed by atoms with van der Waals surface area (Å²) in [5.41, 5.74) is -0.430. The minimum atomic E-state index is -4.39. The third-order valence-electron chi connectivity index (χ3n) is 3.49. The predicted molar refractivity (Wildman–Crippen MR) is 82.6 cm³/mol. The second-order valence-corrected chi connectivity index (χ2v) is 4.95. The molecule has 0 atom stereocenters. The first-order valence-corrected chi connectivity index (χ1v) is 7.14. The van der Waals surface area contributed by atoms with Crippen LogP contribution in [0.2, 0.25) is 0 Å². The molecule has 0 bridgehead atoms. The predicted octanol–water partition coefficient (Wildman–Crippen LogP) is 3.38. The van der Waals surface area contributed by atoms with E-state index in [0.29, 0.717) is 24.1 Å². The molecule has 0 saturated heterocycles. The Balaban J connectivity index is 0.00000264. The zero-order valence-corrected chi connectivity index (χ0v) is 13.7. The summed E-state index contributed by atoms with van der Waals surface area (Å²) in [4.78, 5) is 0. The molecule has 5 nitrogen and oxygen atoms in total. The van der Waals surface area contributed by atoms with Crippen molar-refractivity contribution in [2.24, 2.45) is 0 Å². The zero-order valence-electron chi connectivity index (χ0n) is 12.8. The van der Waals surface area contributed by atoms with Gasteiger partial charge in [-0.25, -0.2) is 0 Å². The van der Waals surface area contributed by atoms with Gasteiger partial charge in [-0.1, -0.05) is 19.9 Å². The number of benzene rings is 1. The van der Waals surface area contributed by atoms with E-state index in [1.165, 1.54) is 10.7 Å². The molecule has 2 aromatic rings. The van der Waals surface area contributed by atoms with Gasteiger partial charge in [0.1, 0.15) is 0 Å². The molecular weight excluding hydrogens is 331 g/mol. The van der Waals surface area contributed by atoms with Crippen molar-refractivity contribution in [2.45, 2.75) is 45.5 Å². The molecular formula is C14H19ClF3N5. The third-order valence-corrected chi connectivity index (χ3v) is 3.49. The lowest BCUT2D eigenvalue weighted by Crippen LogP contribution is -2.28. The maximum atomic E-state index is 12.8. The fourth-order valence-electron chi connectivity index (χ4n) is 2.14. The van der Waals surface area contributed by atoms with E-state index in [2.05, 4.69) is 34.7 Å². The summed E-state index contributed by atoms with van der Waals surface area (Å²) in [5.74, 6) is 0.478.